The summed E-state index contributed by atoms with van der Waals surface area (Å²) in [5, 5.41) is 0. The smallest absolute Gasteiger partial charge is 0.170 e. The molecule has 0 amide bonds. The highest BCUT2D eigenvalue weighted by Crippen LogP contribution is 2.22. The quantitative estimate of drug-likeness (QED) is 0.609. The van der Waals surface area contributed by atoms with Crippen molar-refractivity contribution in [2.24, 2.45) is 0 Å². The molecule has 0 aliphatic rings. The van der Waals surface area contributed by atoms with Crippen LogP contribution in [0.1, 0.15) is 27.9 Å². The van der Waals surface area contributed by atoms with Gasteiger partial charge in [-0.3, -0.25) is 9.59 Å². The van der Waals surface area contributed by atoms with Gasteiger partial charge >= 0.3 is 0 Å². The van der Waals surface area contributed by atoms with Crippen LogP contribution >= 0.6 is 15.9 Å². The van der Waals surface area contributed by atoms with Crippen LogP contribution < -0.4 is 0 Å². The van der Waals surface area contributed by atoms with Gasteiger partial charge in [0.15, 0.2) is 5.78 Å². The van der Waals surface area contributed by atoms with Crippen molar-refractivity contribution >= 4 is 27.5 Å². The molecule has 0 fully saturated rings. The average Bonchev–Trinajstić information content (AvgIpc) is 2.45. The number of hydrogen-bond donors (Lipinski definition) is 0. The molecule has 0 aromatic heterocycles. The lowest BCUT2D eigenvalue weighted by Crippen LogP contribution is -2.11. The molecule has 0 heterocycles. The predicted molar refractivity (Wildman–Crippen MR) is 83.0 cm³/mol. The predicted octanol–water partition coefficient (Wildman–Crippen LogP) is 4.14. The Labute approximate surface area is 127 Å². The number of halogens is 1. The van der Waals surface area contributed by atoms with E-state index in [-0.39, 0.29) is 24.4 Å². The number of carbonyl (C=O) groups is 2. The lowest BCUT2D eigenvalue weighted by Gasteiger charge is -2.06. The van der Waals surface area contributed by atoms with E-state index in [0.29, 0.717) is 5.56 Å². The zero-order chi connectivity index (χ0) is 14.5. The van der Waals surface area contributed by atoms with Crippen molar-refractivity contribution in [2.75, 3.05) is 0 Å². The number of Topliss-reactive ketones (excluding diaryl/α,β-unsaturated/α-hetero) is 2. The zero-order valence-electron chi connectivity index (χ0n) is 11.2. The molecule has 2 aromatic rings. The standard InChI is InChI=1S/C17H15BrO2/c1-12-6-5-9-14(17(12)18)10-15(19)11-16(20)13-7-3-2-4-8-13/h2-9H,10-11H2,1H3. The molecule has 0 radical (unpaired) electrons. The van der Waals surface area contributed by atoms with Gasteiger partial charge in [0, 0.05) is 16.5 Å². The molecule has 2 aromatic carbocycles. The number of carbonyl (C=O) groups excluding carboxylic acids is 2. The van der Waals surface area contributed by atoms with Crippen LogP contribution in [-0.2, 0) is 11.2 Å². The summed E-state index contributed by atoms with van der Waals surface area (Å²) in [6.45, 7) is 1.98. The first-order valence-electron chi connectivity index (χ1n) is 6.42. The van der Waals surface area contributed by atoms with Crippen molar-refractivity contribution in [1.82, 2.24) is 0 Å². The molecule has 0 saturated heterocycles. The van der Waals surface area contributed by atoms with E-state index in [9.17, 15) is 9.59 Å². The van der Waals surface area contributed by atoms with E-state index in [1.807, 2.05) is 31.2 Å². The highest BCUT2D eigenvalue weighted by molar-refractivity contribution is 9.10. The molecule has 2 nitrogen and oxygen atoms in total. The van der Waals surface area contributed by atoms with Crippen LogP contribution in [-0.4, -0.2) is 11.6 Å². The minimum absolute atomic E-state index is 0.0512. The van der Waals surface area contributed by atoms with Gasteiger partial charge in [-0.15, -0.1) is 0 Å². The van der Waals surface area contributed by atoms with E-state index >= 15 is 0 Å². The van der Waals surface area contributed by atoms with Crippen LogP contribution in [0.3, 0.4) is 0 Å². The molecule has 3 heteroatoms. The van der Waals surface area contributed by atoms with Crippen molar-refractivity contribution < 1.29 is 9.59 Å². The zero-order valence-corrected chi connectivity index (χ0v) is 12.8. The summed E-state index contributed by atoms with van der Waals surface area (Å²) >= 11 is 3.48. The van der Waals surface area contributed by atoms with Crippen LogP contribution in [0, 0.1) is 6.92 Å². The van der Waals surface area contributed by atoms with Gasteiger partial charge in [0.2, 0.25) is 0 Å². The second-order valence-corrected chi connectivity index (χ2v) is 5.52. The molecule has 0 saturated carbocycles. The molecule has 2 rings (SSSR count). The summed E-state index contributed by atoms with van der Waals surface area (Å²) in [5.74, 6) is -0.190. The second kappa shape index (κ2) is 6.62. The fourth-order valence-corrected chi connectivity index (χ4v) is 2.43. The third kappa shape index (κ3) is 3.64. The highest BCUT2D eigenvalue weighted by atomic mass is 79.9. The molecule has 0 aliphatic heterocycles. The summed E-state index contributed by atoms with van der Waals surface area (Å²) in [7, 11) is 0. The second-order valence-electron chi connectivity index (χ2n) is 4.73. The Balaban J connectivity index is 2.03. The third-order valence-corrected chi connectivity index (χ3v) is 4.25. The number of hydrogen-bond acceptors (Lipinski definition) is 2. The normalized spacial score (nSPS) is 10.3. The maximum atomic E-state index is 12.0. The maximum Gasteiger partial charge on any atom is 0.170 e. The Morgan fingerprint density at radius 1 is 1.00 bits per heavy atom. The third-order valence-electron chi connectivity index (χ3n) is 3.11. The Hall–Kier alpha value is -1.74. The van der Waals surface area contributed by atoms with Gasteiger partial charge in [-0.2, -0.15) is 0 Å². The van der Waals surface area contributed by atoms with E-state index in [1.54, 1.807) is 24.3 Å². The number of benzene rings is 2. The average molecular weight is 331 g/mol. The minimum Gasteiger partial charge on any atom is -0.299 e. The first kappa shape index (κ1) is 14.7. The molecule has 20 heavy (non-hydrogen) atoms. The fourth-order valence-electron chi connectivity index (χ4n) is 2.02. The maximum absolute atomic E-state index is 12.0. The van der Waals surface area contributed by atoms with E-state index in [0.717, 1.165) is 15.6 Å². The first-order chi connectivity index (χ1) is 9.58. The minimum atomic E-state index is -0.126. The van der Waals surface area contributed by atoms with Crippen LogP contribution in [0.4, 0.5) is 0 Å². The van der Waals surface area contributed by atoms with E-state index in [2.05, 4.69) is 15.9 Å². The molecule has 0 unspecified atom stereocenters. The molecule has 0 spiro atoms. The Morgan fingerprint density at radius 2 is 1.70 bits per heavy atom. The highest BCUT2D eigenvalue weighted by Gasteiger charge is 2.13. The molecule has 0 atom stereocenters. The van der Waals surface area contributed by atoms with Crippen molar-refractivity contribution in [3.05, 3.63) is 69.7 Å². The molecule has 102 valence electrons. The van der Waals surface area contributed by atoms with Gasteiger partial charge in [0.25, 0.3) is 0 Å². The van der Waals surface area contributed by atoms with E-state index in [1.165, 1.54) is 0 Å². The van der Waals surface area contributed by atoms with Gasteiger partial charge in [-0.25, -0.2) is 0 Å². The molecule has 0 N–H and O–H groups in total. The van der Waals surface area contributed by atoms with E-state index < -0.39 is 0 Å². The topological polar surface area (TPSA) is 34.1 Å². The Kier molecular flexibility index (Phi) is 4.85. The first-order valence-corrected chi connectivity index (χ1v) is 7.21. The van der Waals surface area contributed by atoms with Crippen LogP contribution in [0.25, 0.3) is 0 Å². The number of rotatable bonds is 5. The van der Waals surface area contributed by atoms with Crippen molar-refractivity contribution in [2.45, 2.75) is 19.8 Å². The van der Waals surface area contributed by atoms with Crippen molar-refractivity contribution in [3.63, 3.8) is 0 Å². The molecular formula is C17H15BrO2. The summed E-state index contributed by atoms with van der Waals surface area (Å²) in [5.41, 5.74) is 2.60. The van der Waals surface area contributed by atoms with Gasteiger partial charge < -0.3 is 0 Å². The van der Waals surface area contributed by atoms with Crippen LogP contribution in [0.15, 0.2) is 53.0 Å². The van der Waals surface area contributed by atoms with Gasteiger partial charge in [0.1, 0.15) is 5.78 Å². The van der Waals surface area contributed by atoms with Crippen molar-refractivity contribution in [3.8, 4) is 0 Å². The summed E-state index contributed by atoms with van der Waals surface area (Å²) in [4.78, 5) is 24.0. The largest absolute Gasteiger partial charge is 0.299 e. The SMILES string of the molecule is Cc1cccc(CC(=O)CC(=O)c2ccccc2)c1Br. The Morgan fingerprint density at radius 3 is 2.40 bits per heavy atom. The van der Waals surface area contributed by atoms with Crippen LogP contribution in [0.2, 0.25) is 0 Å². The molecular weight excluding hydrogens is 316 g/mol. The van der Waals surface area contributed by atoms with Gasteiger partial charge in [-0.05, 0) is 18.1 Å². The lowest BCUT2D eigenvalue weighted by atomic mass is 10.0. The summed E-state index contributed by atoms with van der Waals surface area (Å²) < 4.78 is 0.945. The van der Waals surface area contributed by atoms with Gasteiger partial charge in [-0.1, -0.05) is 64.5 Å². The van der Waals surface area contributed by atoms with E-state index in [4.69, 9.17) is 0 Å². The molecule has 0 bridgehead atoms. The number of ketones is 2. The van der Waals surface area contributed by atoms with Gasteiger partial charge in [0.05, 0.1) is 6.42 Å². The Bertz CT molecular complexity index is 633. The monoisotopic (exact) mass is 330 g/mol. The lowest BCUT2D eigenvalue weighted by molar-refractivity contribution is -0.117. The summed E-state index contributed by atoms with van der Waals surface area (Å²) in [6.07, 6.45) is 0.227. The number of aryl methyl sites for hydroxylation is 1. The molecule has 0 aliphatic carbocycles. The summed E-state index contributed by atoms with van der Waals surface area (Å²) in [6, 6.07) is 14.7. The van der Waals surface area contributed by atoms with Crippen LogP contribution in [0.5, 0.6) is 0 Å². The fraction of sp³-hybridized carbons (Fsp3) is 0.176. The van der Waals surface area contributed by atoms with Crippen molar-refractivity contribution in [1.29, 1.82) is 0 Å².